The lowest BCUT2D eigenvalue weighted by Crippen LogP contribution is -2.30. The second-order valence-electron chi connectivity index (χ2n) is 5.41. The predicted octanol–water partition coefficient (Wildman–Crippen LogP) is 2.01. The van der Waals surface area contributed by atoms with Gasteiger partial charge in [-0.25, -0.2) is 9.97 Å². The molecule has 0 bridgehead atoms. The molecule has 2 fully saturated rings. The van der Waals surface area contributed by atoms with Crippen LogP contribution in [0.15, 0.2) is 6.07 Å². The number of nitrogens with one attached hydrogen (secondary N) is 1. The third-order valence-electron chi connectivity index (χ3n) is 3.75. The van der Waals surface area contributed by atoms with Crippen molar-refractivity contribution in [1.29, 1.82) is 0 Å². The van der Waals surface area contributed by atoms with Gasteiger partial charge in [0.25, 0.3) is 0 Å². The highest BCUT2D eigenvalue weighted by Crippen LogP contribution is 2.40. The Balaban J connectivity index is 1.85. The first kappa shape index (κ1) is 12.7. The Kier molecular flexibility index (Phi) is 3.55. The van der Waals surface area contributed by atoms with Crippen LogP contribution in [0.5, 0.6) is 0 Å². The molecule has 2 aliphatic carbocycles. The molecule has 2 saturated carbocycles. The van der Waals surface area contributed by atoms with E-state index in [-0.39, 0.29) is 0 Å². The Hall–Kier alpha value is -1.36. The van der Waals surface area contributed by atoms with Crippen molar-refractivity contribution in [3.8, 4) is 0 Å². The lowest BCUT2D eigenvalue weighted by molar-refractivity contribution is 0.204. The quantitative estimate of drug-likeness (QED) is 0.814. The van der Waals surface area contributed by atoms with E-state index >= 15 is 0 Å². The molecule has 0 amide bonds. The Morgan fingerprint density at radius 2 is 2.11 bits per heavy atom. The molecular weight excluding hydrogens is 240 g/mol. The molecule has 1 aromatic rings. The number of ether oxygens (including phenoxy) is 1. The van der Waals surface area contributed by atoms with Gasteiger partial charge in [0.15, 0.2) is 0 Å². The highest BCUT2D eigenvalue weighted by atomic mass is 16.5. The van der Waals surface area contributed by atoms with E-state index in [1.54, 1.807) is 7.11 Å². The van der Waals surface area contributed by atoms with Crippen molar-refractivity contribution in [2.75, 3.05) is 37.5 Å². The van der Waals surface area contributed by atoms with Crippen LogP contribution in [0.3, 0.4) is 0 Å². The number of hydrogen-bond acceptors (Lipinski definition) is 5. The Morgan fingerprint density at radius 3 is 2.68 bits per heavy atom. The maximum atomic E-state index is 5.22. The highest BCUT2D eigenvalue weighted by Gasteiger charge is 2.32. The molecule has 5 heteroatoms. The molecule has 0 unspecified atom stereocenters. The van der Waals surface area contributed by atoms with E-state index in [1.165, 1.54) is 25.7 Å². The third-order valence-corrected chi connectivity index (χ3v) is 3.75. The second kappa shape index (κ2) is 5.33. The molecule has 1 aromatic heterocycles. The normalized spacial score (nSPS) is 18.4. The molecule has 3 rings (SSSR count). The summed E-state index contributed by atoms with van der Waals surface area (Å²) >= 11 is 0. The van der Waals surface area contributed by atoms with Crippen molar-refractivity contribution < 1.29 is 4.74 Å². The maximum Gasteiger partial charge on any atom is 0.136 e. The van der Waals surface area contributed by atoms with Crippen LogP contribution in [0.1, 0.15) is 37.4 Å². The van der Waals surface area contributed by atoms with Gasteiger partial charge in [-0.05, 0) is 25.7 Å². The van der Waals surface area contributed by atoms with Crippen LogP contribution >= 0.6 is 0 Å². The van der Waals surface area contributed by atoms with Crippen LogP contribution in [0.25, 0.3) is 0 Å². The fourth-order valence-electron chi connectivity index (χ4n) is 2.31. The molecule has 0 saturated heterocycles. The average molecular weight is 262 g/mol. The highest BCUT2D eigenvalue weighted by molar-refractivity contribution is 5.51. The van der Waals surface area contributed by atoms with Gasteiger partial charge in [-0.1, -0.05) is 0 Å². The molecule has 104 valence electrons. The van der Waals surface area contributed by atoms with E-state index in [9.17, 15) is 0 Å². The zero-order valence-electron chi connectivity index (χ0n) is 11.7. The second-order valence-corrected chi connectivity index (χ2v) is 5.41. The van der Waals surface area contributed by atoms with E-state index < -0.39 is 0 Å². The summed E-state index contributed by atoms with van der Waals surface area (Å²) in [5.41, 5.74) is 0. The van der Waals surface area contributed by atoms with Crippen LogP contribution in [0.2, 0.25) is 0 Å². The van der Waals surface area contributed by atoms with Gasteiger partial charge in [-0.2, -0.15) is 0 Å². The average Bonchev–Trinajstić information content (AvgIpc) is 3.30. The first-order valence-electron chi connectivity index (χ1n) is 7.14. The van der Waals surface area contributed by atoms with Crippen molar-refractivity contribution >= 4 is 11.6 Å². The summed E-state index contributed by atoms with van der Waals surface area (Å²) in [6.45, 7) is 1.65. The standard InChI is InChI=1S/C14H22N4O/c1-15-12-9-13(17-14(16-12)10-3-4-10)18(7-8-19-2)11-5-6-11/h9-11H,3-8H2,1-2H3,(H,15,16,17). The molecule has 1 N–H and O–H groups in total. The molecule has 1 heterocycles. The van der Waals surface area contributed by atoms with Crippen LogP contribution in [0.4, 0.5) is 11.6 Å². The van der Waals surface area contributed by atoms with E-state index in [2.05, 4.69) is 21.3 Å². The first-order valence-corrected chi connectivity index (χ1v) is 7.14. The summed E-state index contributed by atoms with van der Waals surface area (Å²) in [6, 6.07) is 2.70. The SMILES string of the molecule is CNc1cc(N(CCOC)C2CC2)nc(C2CC2)n1. The van der Waals surface area contributed by atoms with Gasteiger partial charge in [-0.3, -0.25) is 0 Å². The van der Waals surface area contributed by atoms with Crippen LogP contribution in [0, 0.1) is 0 Å². The molecule has 0 atom stereocenters. The fraction of sp³-hybridized carbons (Fsp3) is 0.714. The fourth-order valence-corrected chi connectivity index (χ4v) is 2.31. The van der Waals surface area contributed by atoms with Gasteiger partial charge in [0.05, 0.1) is 6.61 Å². The Labute approximate surface area is 114 Å². The van der Waals surface area contributed by atoms with Crippen molar-refractivity contribution in [2.45, 2.75) is 37.6 Å². The number of hydrogen-bond donors (Lipinski definition) is 1. The van der Waals surface area contributed by atoms with E-state index in [1.807, 2.05) is 7.05 Å². The smallest absolute Gasteiger partial charge is 0.136 e. The van der Waals surface area contributed by atoms with Gasteiger partial charge in [0.1, 0.15) is 17.5 Å². The molecule has 0 aliphatic heterocycles. The summed E-state index contributed by atoms with van der Waals surface area (Å²) in [5.74, 6) is 3.57. The molecule has 0 spiro atoms. The van der Waals surface area contributed by atoms with Crippen LogP contribution in [-0.4, -0.2) is 43.3 Å². The molecule has 19 heavy (non-hydrogen) atoms. The van der Waals surface area contributed by atoms with E-state index in [0.717, 1.165) is 30.6 Å². The van der Waals surface area contributed by atoms with E-state index in [0.29, 0.717) is 12.0 Å². The lowest BCUT2D eigenvalue weighted by Gasteiger charge is -2.24. The van der Waals surface area contributed by atoms with Gasteiger partial charge in [-0.15, -0.1) is 0 Å². The largest absolute Gasteiger partial charge is 0.383 e. The predicted molar refractivity (Wildman–Crippen MR) is 75.8 cm³/mol. The maximum absolute atomic E-state index is 5.22. The van der Waals surface area contributed by atoms with Gasteiger partial charge >= 0.3 is 0 Å². The topological polar surface area (TPSA) is 50.3 Å². The summed E-state index contributed by atoms with van der Waals surface area (Å²) < 4.78 is 5.22. The monoisotopic (exact) mass is 262 g/mol. The van der Waals surface area contributed by atoms with Crippen LogP contribution < -0.4 is 10.2 Å². The zero-order chi connectivity index (χ0) is 13.2. The minimum absolute atomic E-state index is 0.579. The summed E-state index contributed by atoms with van der Waals surface area (Å²) in [7, 11) is 3.67. The number of anilines is 2. The van der Waals surface area contributed by atoms with Crippen molar-refractivity contribution in [3.05, 3.63) is 11.9 Å². The molecule has 0 radical (unpaired) electrons. The van der Waals surface area contributed by atoms with Crippen molar-refractivity contribution in [2.24, 2.45) is 0 Å². The van der Waals surface area contributed by atoms with Gasteiger partial charge in [0, 0.05) is 38.7 Å². The van der Waals surface area contributed by atoms with Crippen molar-refractivity contribution in [3.63, 3.8) is 0 Å². The Bertz CT molecular complexity index is 443. The number of methoxy groups -OCH3 is 1. The summed E-state index contributed by atoms with van der Waals surface area (Å²) in [4.78, 5) is 11.7. The number of aromatic nitrogens is 2. The first-order chi connectivity index (χ1) is 9.31. The Morgan fingerprint density at radius 1 is 1.32 bits per heavy atom. The zero-order valence-corrected chi connectivity index (χ0v) is 11.7. The minimum Gasteiger partial charge on any atom is -0.383 e. The van der Waals surface area contributed by atoms with Gasteiger partial charge in [0.2, 0.25) is 0 Å². The van der Waals surface area contributed by atoms with E-state index in [4.69, 9.17) is 9.72 Å². The lowest BCUT2D eigenvalue weighted by atomic mass is 10.3. The molecule has 2 aliphatic rings. The molecule has 5 nitrogen and oxygen atoms in total. The van der Waals surface area contributed by atoms with Crippen LogP contribution in [-0.2, 0) is 4.74 Å². The third kappa shape index (κ3) is 2.97. The summed E-state index contributed by atoms with van der Waals surface area (Å²) in [5, 5.41) is 3.15. The van der Waals surface area contributed by atoms with Crippen molar-refractivity contribution in [1.82, 2.24) is 9.97 Å². The molecule has 0 aromatic carbocycles. The van der Waals surface area contributed by atoms with Gasteiger partial charge < -0.3 is 15.0 Å². The number of rotatable bonds is 7. The molecular formula is C14H22N4O. The number of nitrogens with zero attached hydrogens (tertiary/aromatic N) is 3. The minimum atomic E-state index is 0.579. The summed E-state index contributed by atoms with van der Waals surface area (Å²) in [6.07, 6.45) is 4.99.